The first-order valence-corrected chi connectivity index (χ1v) is 7.31. The van der Waals surface area contributed by atoms with E-state index in [1.165, 1.54) is 11.1 Å². The highest BCUT2D eigenvalue weighted by Crippen LogP contribution is 2.28. The maximum atomic E-state index is 11.9. The van der Waals surface area contributed by atoms with Crippen LogP contribution in [-0.4, -0.2) is 23.8 Å². The summed E-state index contributed by atoms with van der Waals surface area (Å²) in [5.74, 6) is -0.286. The van der Waals surface area contributed by atoms with Crippen LogP contribution in [0.5, 0.6) is 0 Å². The molecule has 0 amide bonds. The van der Waals surface area contributed by atoms with Crippen LogP contribution in [-0.2, 0) is 22.4 Å². The zero-order valence-corrected chi connectivity index (χ0v) is 12.1. The Hall–Kier alpha value is -2.07. The molecule has 0 spiro atoms. The van der Waals surface area contributed by atoms with Gasteiger partial charge in [-0.15, -0.1) is 0 Å². The third-order valence-corrected chi connectivity index (χ3v) is 3.77. The Morgan fingerprint density at radius 3 is 3.05 bits per heavy atom. The van der Waals surface area contributed by atoms with Crippen LogP contribution in [0.3, 0.4) is 0 Å². The molecule has 0 N–H and O–H groups in total. The maximum Gasteiger partial charge on any atom is 0.354 e. The Morgan fingerprint density at radius 2 is 2.19 bits per heavy atom. The van der Waals surface area contributed by atoms with Gasteiger partial charge in [0.2, 0.25) is 0 Å². The number of carbonyl (C=O) groups excluding carboxylic acids is 1. The third kappa shape index (κ3) is 2.85. The van der Waals surface area contributed by atoms with Gasteiger partial charge in [0.15, 0.2) is 0 Å². The molecule has 4 heteroatoms. The van der Waals surface area contributed by atoms with Crippen molar-refractivity contribution in [2.45, 2.75) is 26.0 Å². The van der Waals surface area contributed by atoms with Crippen LogP contribution in [0.4, 0.5) is 0 Å². The Labute approximate surface area is 124 Å². The van der Waals surface area contributed by atoms with Crippen LogP contribution in [0.15, 0.2) is 42.6 Å². The summed E-state index contributed by atoms with van der Waals surface area (Å²) in [6.07, 6.45) is 2.83. The van der Waals surface area contributed by atoms with Crippen molar-refractivity contribution in [2.75, 3.05) is 13.2 Å². The predicted octanol–water partition coefficient (Wildman–Crippen LogP) is 2.98. The summed E-state index contributed by atoms with van der Waals surface area (Å²) in [4.78, 5) is 11.9. The zero-order valence-electron chi connectivity index (χ0n) is 12.1. The first-order valence-electron chi connectivity index (χ1n) is 7.31. The molecule has 1 aromatic carbocycles. The topological polar surface area (TPSA) is 40.5 Å². The van der Waals surface area contributed by atoms with Gasteiger partial charge in [0.25, 0.3) is 0 Å². The average molecular weight is 285 g/mol. The highest BCUT2D eigenvalue weighted by molar-refractivity contribution is 5.87. The fourth-order valence-electron chi connectivity index (χ4n) is 2.77. The first kappa shape index (κ1) is 13.9. The van der Waals surface area contributed by atoms with Gasteiger partial charge >= 0.3 is 5.97 Å². The number of nitrogens with zero attached hydrogens (tertiary/aromatic N) is 1. The van der Waals surface area contributed by atoms with Crippen molar-refractivity contribution in [1.82, 2.24) is 4.57 Å². The summed E-state index contributed by atoms with van der Waals surface area (Å²) >= 11 is 0. The molecule has 0 saturated carbocycles. The van der Waals surface area contributed by atoms with E-state index in [1.807, 2.05) is 29.8 Å². The lowest BCUT2D eigenvalue weighted by atomic mass is 9.97. The Balaban J connectivity index is 1.82. The van der Waals surface area contributed by atoms with Gasteiger partial charge in [-0.25, -0.2) is 4.79 Å². The van der Waals surface area contributed by atoms with Gasteiger partial charge in [-0.2, -0.15) is 0 Å². The largest absolute Gasteiger partial charge is 0.461 e. The van der Waals surface area contributed by atoms with E-state index in [0.29, 0.717) is 18.8 Å². The van der Waals surface area contributed by atoms with E-state index in [-0.39, 0.29) is 12.1 Å². The third-order valence-electron chi connectivity index (χ3n) is 3.77. The molecule has 0 radical (unpaired) electrons. The Bertz CT molecular complexity index is 632. The maximum absolute atomic E-state index is 11.9. The second-order valence-corrected chi connectivity index (χ2v) is 5.07. The number of carbonyl (C=O) groups is 1. The van der Waals surface area contributed by atoms with Crippen molar-refractivity contribution >= 4 is 5.97 Å². The molecular weight excluding hydrogens is 266 g/mol. The number of esters is 1. The molecular formula is C17H19NO3. The van der Waals surface area contributed by atoms with E-state index in [9.17, 15) is 4.79 Å². The average Bonchev–Trinajstić information content (AvgIpc) is 2.96. The minimum absolute atomic E-state index is 0.0180. The van der Waals surface area contributed by atoms with E-state index in [0.717, 1.165) is 13.0 Å². The molecule has 2 aromatic rings. The van der Waals surface area contributed by atoms with Crippen molar-refractivity contribution in [1.29, 1.82) is 0 Å². The Kier molecular flexibility index (Phi) is 4.06. The number of hydrogen-bond donors (Lipinski definition) is 0. The first-order chi connectivity index (χ1) is 10.3. The standard InChI is InChI=1S/C17H19NO3/c1-2-20-17(19)15-8-5-10-18(15)12-16-14-7-4-3-6-13(14)9-11-21-16/h3-8,10,16H,2,9,11-12H2,1H3. The molecule has 21 heavy (non-hydrogen) atoms. The summed E-state index contributed by atoms with van der Waals surface area (Å²) in [6, 6.07) is 12.0. The lowest BCUT2D eigenvalue weighted by molar-refractivity contribution is 0.0287. The lowest BCUT2D eigenvalue weighted by Gasteiger charge is -2.27. The molecule has 1 aliphatic rings. The van der Waals surface area contributed by atoms with Crippen molar-refractivity contribution in [3.8, 4) is 0 Å². The number of rotatable bonds is 4. The van der Waals surface area contributed by atoms with Crippen LogP contribution in [0.25, 0.3) is 0 Å². The van der Waals surface area contributed by atoms with E-state index in [1.54, 1.807) is 6.07 Å². The van der Waals surface area contributed by atoms with E-state index in [2.05, 4.69) is 18.2 Å². The molecule has 1 atom stereocenters. The minimum Gasteiger partial charge on any atom is -0.461 e. The minimum atomic E-state index is -0.286. The van der Waals surface area contributed by atoms with Crippen LogP contribution >= 0.6 is 0 Å². The van der Waals surface area contributed by atoms with Crippen molar-refractivity contribution in [3.05, 3.63) is 59.4 Å². The van der Waals surface area contributed by atoms with Gasteiger partial charge in [-0.05, 0) is 36.6 Å². The van der Waals surface area contributed by atoms with Gasteiger partial charge in [-0.1, -0.05) is 24.3 Å². The van der Waals surface area contributed by atoms with Crippen molar-refractivity contribution in [2.24, 2.45) is 0 Å². The molecule has 1 unspecified atom stereocenters. The summed E-state index contributed by atoms with van der Waals surface area (Å²) < 4.78 is 12.9. The monoisotopic (exact) mass is 285 g/mol. The van der Waals surface area contributed by atoms with Crippen LogP contribution in [0.1, 0.15) is 34.6 Å². The molecule has 110 valence electrons. The molecule has 1 aliphatic heterocycles. The highest BCUT2D eigenvalue weighted by atomic mass is 16.5. The molecule has 4 nitrogen and oxygen atoms in total. The smallest absolute Gasteiger partial charge is 0.354 e. The quantitative estimate of drug-likeness (QED) is 0.811. The SMILES string of the molecule is CCOC(=O)c1cccn1CC1OCCc2ccccc21. The van der Waals surface area contributed by atoms with Crippen LogP contribution in [0, 0.1) is 0 Å². The van der Waals surface area contributed by atoms with Crippen molar-refractivity contribution in [3.63, 3.8) is 0 Å². The zero-order chi connectivity index (χ0) is 14.7. The molecule has 0 bridgehead atoms. The number of ether oxygens (including phenoxy) is 2. The summed E-state index contributed by atoms with van der Waals surface area (Å²) in [7, 11) is 0. The van der Waals surface area contributed by atoms with Gasteiger partial charge in [0.05, 0.1) is 19.8 Å². The van der Waals surface area contributed by atoms with Gasteiger partial charge in [0, 0.05) is 6.20 Å². The fraction of sp³-hybridized carbons (Fsp3) is 0.353. The molecule has 2 heterocycles. The molecule has 0 aliphatic carbocycles. The van der Waals surface area contributed by atoms with E-state index in [4.69, 9.17) is 9.47 Å². The predicted molar refractivity (Wildman–Crippen MR) is 79.2 cm³/mol. The summed E-state index contributed by atoms with van der Waals surface area (Å²) in [5.41, 5.74) is 3.12. The van der Waals surface area contributed by atoms with Gasteiger partial charge in [0.1, 0.15) is 11.8 Å². The molecule has 3 rings (SSSR count). The van der Waals surface area contributed by atoms with E-state index < -0.39 is 0 Å². The molecule has 1 aromatic heterocycles. The summed E-state index contributed by atoms with van der Waals surface area (Å²) in [5, 5.41) is 0. The number of aromatic nitrogens is 1. The number of benzene rings is 1. The lowest BCUT2D eigenvalue weighted by Crippen LogP contribution is -2.22. The summed E-state index contributed by atoms with van der Waals surface area (Å²) in [6.45, 7) is 3.54. The molecule has 0 fully saturated rings. The number of hydrogen-bond acceptors (Lipinski definition) is 3. The molecule has 0 saturated heterocycles. The van der Waals surface area contributed by atoms with Gasteiger partial charge < -0.3 is 14.0 Å². The van der Waals surface area contributed by atoms with Crippen LogP contribution in [0.2, 0.25) is 0 Å². The second-order valence-electron chi connectivity index (χ2n) is 5.07. The Morgan fingerprint density at radius 1 is 1.33 bits per heavy atom. The van der Waals surface area contributed by atoms with Crippen molar-refractivity contribution < 1.29 is 14.3 Å². The fourth-order valence-corrected chi connectivity index (χ4v) is 2.77. The number of fused-ring (bicyclic) bond motifs is 1. The van der Waals surface area contributed by atoms with Gasteiger partial charge in [-0.3, -0.25) is 0 Å². The normalized spacial score (nSPS) is 17.3. The highest BCUT2D eigenvalue weighted by Gasteiger charge is 2.22. The van der Waals surface area contributed by atoms with Crippen LogP contribution < -0.4 is 0 Å². The van der Waals surface area contributed by atoms with E-state index >= 15 is 0 Å². The second kappa shape index (κ2) is 6.14.